The third kappa shape index (κ3) is 4.63. The van der Waals surface area contributed by atoms with E-state index >= 15 is 0 Å². The van der Waals surface area contributed by atoms with Gasteiger partial charge in [-0.05, 0) is 66.6 Å². The van der Waals surface area contributed by atoms with E-state index < -0.39 is 16.0 Å². The van der Waals surface area contributed by atoms with Crippen LogP contribution in [-0.2, 0) is 34.1 Å². The molecule has 0 aliphatic heterocycles. The summed E-state index contributed by atoms with van der Waals surface area (Å²) in [5.74, 6) is -0.789. The first-order valence-electron chi connectivity index (χ1n) is 8.44. The lowest BCUT2D eigenvalue weighted by Gasteiger charge is -2.12. The molecule has 2 aromatic rings. The zero-order chi connectivity index (χ0) is 18.7. The van der Waals surface area contributed by atoms with Crippen molar-refractivity contribution in [2.45, 2.75) is 43.0 Å². The van der Waals surface area contributed by atoms with Gasteiger partial charge in [0.25, 0.3) is 0 Å². The molecule has 0 saturated carbocycles. The van der Waals surface area contributed by atoms with Crippen molar-refractivity contribution in [1.29, 1.82) is 0 Å². The molecule has 0 fully saturated rings. The average Bonchev–Trinajstić information content (AvgIpc) is 2.95. The number of halogens is 1. The molecule has 0 heterocycles. The molecule has 0 aromatic heterocycles. The number of benzene rings is 2. The summed E-state index contributed by atoms with van der Waals surface area (Å²) in [5, 5.41) is 9.22. The summed E-state index contributed by atoms with van der Waals surface area (Å²) >= 11 is 5.81. The highest BCUT2D eigenvalue weighted by atomic mass is 35.5. The number of carbonyl (C=O) groups is 1. The van der Waals surface area contributed by atoms with Crippen molar-refractivity contribution < 1.29 is 18.3 Å². The van der Waals surface area contributed by atoms with Gasteiger partial charge < -0.3 is 5.11 Å². The van der Waals surface area contributed by atoms with Crippen LogP contribution >= 0.6 is 11.6 Å². The summed E-state index contributed by atoms with van der Waals surface area (Å²) in [6, 6.07) is 12.0. The van der Waals surface area contributed by atoms with E-state index in [1.54, 1.807) is 12.1 Å². The Balaban J connectivity index is 1.64. The number of fused-ring (bicyclic) bond motifs is 1. The van der Waals surface area contributed by atoms with Gasteiger partial charge in [-0.1, -0.05) is 29.8 Å². The average molecular weight is 394 g/mol. The fraction of sp³-hybridized carbons (Fsp3) is 0.316. The highest BCUT2D eigenvalue weighted by molar-refractivity contribution is 7.89. The molecule has 2 N–H and O–H groups in total. The lowest BCUT2D eigenvalue weighted by molar-refractivity contribution is -0.137. The lowest BCUT2D eigenvalue weighted by Crippen LogP contribution is -2.35. The molecule has 5 nitrogen and oxygen atoms in total. The molecule has 0 amide bonds. The van der Waals surface area contributed by atoms with Crippen LogP contribution in [0.4, 0.5) is 0 Å². The molecule has 0 saturated heterocycles. The van der Waals surface area contributed by atoms with E-state index in [1.165, 1.54) is 12.1 Å². The molecule has 0 radical (unpaired) electrons. The Morgan fingerprint density at radius 1 is 1.12 bits per heavy atom. The molecule has 1 aliphatic carbocycles. The van der Waals surface area contributed by atoms with Crippen LogP contribution in [0.15, 0.2) is 47.4 Å². The number of rotatable bonds is 7. The molecule has 1 unspecified atom stereocenters. The van der Waals surface area contributed by atoms with E-state index in [2.05, 4.69) is 10.8 Å². The standard InChI is InChI=1S/C19H20ClNO4S/c20-16-6-8-18(9-7-16)26(24,25)21-17-11-14-5-4-13(10-15(14)12-17)2-1-3-19(22)23/h4-10,17,21H,1-3,11-12H2,(H,22,23). The Morgan fingerprint density at radius 3 is 2.50 bits per heavy atom. The molecule has 1 aliphatic rings. The number of aliphatic carboxylic acids is 1. The van der Waals surface area contributed by atoms with Crippen molar-refractivity contribution in [2.24, 2.45) is 0 Å². The monoisotopic (exact) mass is 393 g/mol. The number of hydrogen-bond acceptors (Lipinski definition) is 3. The minimum atomic E-state index is -3.59. The van der Waals surface area contributed by atoms with Crippen molar-refractivity contribution in [3.05, 3.63) is 64.2 Å². The van der Waals surface area contributed by atoms with Gasteiger partial charge in [0.2, 0.25) is 10.0 Å². The second-order valence-electron chi connectivity index (χ2n) is 6.53. The van der Waals surface area contributed by atoms with Gasteiger partial charge in [-0.15, -0.1) is 0 Å². The van der Waals surface area contributed by atoms with Crippen LogP contribution in [0.25, 0.3) is 0 Å². The highest BCUT2D eigenvalue weighted by Gasteiger charge is 2.26. The number of carboxylic acid groups (broad SMARTS) is 1. The second kappa shape index (κ2) is 7.78. The van der Waals surface area contributed by atoms with Crippen molar-refractivity contribution in [3.63, 3.8) is 0 Å². The smallest absolute Gasteiger partial charge is 0.303 e. The number of hydrogen-bond donors (Lipinski definition) is 2. The first kappa shape index (κ1) is 18.9. The van der Waals surface area contributed by atoms with Gasteiger partial charge in [0.1, 0.15) is 0 Å². The van der Waals surface area contributed by atoms with Gasteiger partial charge in [0, 0.05) is 17.5 Å². The zero-order valence-corrected chi connectivity index (χ0v) is 15.7. The fourth-order valence-corrected chi connectivity index (χ4v) is 4.62. The van der Waals surface area contributed by atoms with E-state index in [0.717, 1.165) is 16.7 Å². The summed E-state index contributed by atoms with van der Waals surface area (Å²) in [7, 11) is -3.59. The molecule has 138 valence electrons. The predicted molar refractivity (Wildman–Crippen MR) is 100.0 cm³/mol. The van der Waals surface area contributed by atoms with E-state index in [1.807, 2.05) is 12.1 Å². The van der Waals surface area contributed by atoms with E-state index in [9.17, 15) is 13.2 Å². The van der Waals surface area contributed by atoms with Gasteiger partial charge >= 0.3 is 5.97 Å². The quantitative estimate of drug-likeness (QED) is 0.756. The van der Waals surface area contributed by atoms with Crippen LogP contribution in [-0.4, -0.2) is 25.5 Å². The number of sulfonamides is 1. The van der Waals surface area contributed by atoms with Crippen LogP contribution in [0.1, 0.15) is 29.5 Å². The maximum absolute atomic E-state index is 12.5. The highest BCUT2D eigenvalue weighted by Crippen LogP contribution is 2.25. The summed E-state index contributed by atoms with van der Waals surface area (Å²) in [6.07, 6.45) is 2.74. The summed E-state index contributed by atoms with van der Waals surface area (Å²) in [4.78, 5) is 10.8. The van der Waals surface area contributed by atoms with Gasteiger partial charge in [0.15, 0.2) is 0 Å². The fourth-order valence-electron chi connectivity index (χ4n) is 3.26. The van der Waals surface area contributed by atoms with Crippen LogP contribution in [0.5, 0.6) is 0 Å². The van der Waals surface area contributed by atoms with E-state index in [4.69, 9.17) is 16.7 Å². The third-order valence-electron chi connectivity index (χ3n) is 4.51. The second-order valence-corrected chi connectivity index (χ2v) is 8.68. The maximum atomic E-state index is 12.5. The Kier molecular flexibility index (Phi) is 5.65. The number of aryl methyl sites for hydroxylation is 1. The zero-order valence-electron chi connectivity index (χ0n) is 14.1. The van der Waals surface area contributed by atoms with Crippen molar-refractivity contribution >= 4 is 27.6 Å². The minimum absolute atomic E-state index is 0.153. The van der Waals surface area contributed by atoms with Gasteiger partial charge in [0.05, 0.1) is 4.90 Å². The molecule has 2 aromatic carbocycles. The van der Waals surface area contributed by atoms with E-state index in [-0.39, 0.29) is 17.4 Å². The Bertz CT molecular complexity index is 910. The summed E-state index contributed by atoms with van der Waals surface area (Å²) in [5.41, 5.74) is 3.35. The number of carboxylic acids is 1. The topological polar surface area (TPSA) is 83.5 Å². The molecule has 3 rings (SSSR count). The predicted octanol–water partition coefficient (Wildman–Crippen LogP) is 3.19. The summed E-state index contributed by atoms with van der Waals surface area (Å²) in [6.45, 7) is 0. The van der Waals surface area contributed by atoms with Gasteiger partial charge in [-0.3, -0.25) is 4.79 Å². The molecule has 0 spiro atoms. The summed E-state index contributed by atoms with van der Waals surface area (Å²) < 4.78 is 27.8. The Morgan fingerprint density at radius 2 is 1.81 bits per heavy atom. The molecule has 1 atom stereocenters. The Labute approximate surface area is 158 Å². The number of nitrogens with one attached hydrogen (secondary N) is 1. The maximum Gasteiger partial charge on any atom is 0.303 e. The van der Waals surface area contributed by atoms with Gasteiger partial charge in [-0.2, -0.15) is 0 Å². The SMILES string of the molecule is O=C(O)CCCc1ccc2c(c1)CC(NS(=O)(=O)c1ccc(Cl)cc1)C2. The van der Waals surface area contributed by atoms with Crippen molar-refractivity contribution in [3.8, 4) is 0 Å². The normalized spacial score (nSPS) is 16.4. The molecular weight excluding hydrogens is 374 g/mol. The van der Waals surface area contributed by atoms with Crippen LogP contribution in [0.2, 0.25) is 5.02 Å². The van der Waals surface area contributed by atoms with Crippen molar-refractivity contribution in [2.75, 3.05) is 0 Å². The van der Waals surface area contributed by atoms with Crippen LogP contribution in [0, 0.1) is 0 Å². The Hall–Kier alpha value is -1.89. The van der Waals surface area contributed by atoms with E-state index in [0.29, 0.717) is 30.7 Å². The molecule has 26 heavy (non-hydrogen) atoms. The molecule has 0 bridgehead atoms. The van der Waals surface area contributed by atoms with Gasteiger partial charge in [-0.25, -0.2) is 13.1 Å². The van der Waals surface area contributed by atoms with Crippen LogP contribution < -0.4 is 4.72 Å². The van der Waals surface area contributed by atoms with Crippen LogP contribution in [0.3, 0.4) is 0 Å². The molecule has 7 heteroatoms. The largest absolute Gasteiger partial charge is 0.481 e. The van der Waals surface area contributed by atoms with Crippen molar-refractivity contribution in [1.82, 2.24) is 4.72 Å². The third-order valence-corrected chi connectivity index (χ3v) is 6.29. The first-order chi connectivity index (χ1) is 12.3. The first-order valence-corrected chi connectivity index (χ1v) is 10.3. The minimum Gasteiger partial charge on any atom is -0.481 e. The lowest BCUT2D eigenvalue weighted by atomic mass is 10.0. The molecular formula is C19H20ClNO4S.